The van der Waals surface area contributed by atoms with Crippen molar-refractivity contribution in [2.24, 2.45) is 0 Å². The summed E-state index contributed by atoms with van der Waals surface area (Å²) < 4.78 is 29.8. The van der Waals surface area contributed by atoms with Gasteiger partial charge in [-0.3, -0.25) is 14.2 Å². The van der Waals surface area contributed by atoms with E-state index in [4.69, 9.17) is 11.6 Å². The van der Waals surface area contributed by atoms with E-state index in [0.29, 0.717) is 35.2 Å². The highest BCUT2D eigenvalue weighted by molar-refractivity contribution is 7.98. The molecule has 1 amide bonds. The van der Waals surface area contributed by atoms with Crippen molar-refractivity contribution in [1.29, 1.82) is 0 Å². The number of likely N-dealkylation sites (tertiary alicyclic amines) is 1. The summed E-state index contributed by atoms with van der Waals surface area (Å²) in [7, 11) is 0. The van der Waals surface area contributed by atoms with Gasteiger partial charge in [-0.1, -0.05) is 35.5 Å². The number of hydrogen-bond acceptors (Lipinski definition) is 4. The summed E-state index contributed by atoms with van der Waals surface area (Å²) in [5.41, 5.74) is 0.957. The third-order valence-electron chi connectivity index (χ3n) is 6.20. The van der Waals surface area contributed by atoms with Crippen molar-refractivity contribution >= 4 is 40.2 Å². The van der Waals surface area contributed by atoms with E-state index in [0.717, 1.165) is 31.0 Å². The van der Waals surface area contributed by atoms with Gasteiger partial charge in [-0.15, -0.1) is 0 Å². The minimum atomic E-state index is -0.505. The zero-order chi connectivity index (χ0) is 25.2. The van der Waals surface area contributed by atoms with Crippen LogP contribution in [0.4, 0.5) is 8.78 Å². The van der Waals surface area contributed by atoms with E-state index < -0.39 is 17.2 Å². The number of hydrogen-bond donors (Lipinski definition) is 0. The Morgan fingerprint density at radius 2 is 1.78 bits per heavy atom. The number of nitrogens with zero attached hydrogens (tertiary/aromatic N) is 3. The smallest absolute Gasteiger partial charge is 0.266 e. The summed E-state index contributed by atoms with van der Waals surface area (Å²) in [6.07, 6.45) is 3.04. The molecule has 0 saturated carbocycles. The fourth-order valence-electron chi connectivity index (χ4n) is 4.32. The van der Waals surface area contributed by atoms with Crippen LogP contribution in [-0.4, -0.2) is 33.4 Å². The van der Waals surface area contributed by atoms with Crippen LogP contribution in [0.2, 0.25) is 5.02 Å². The molecule has 184 valence electrons. The SMILES string of the molecule is O=C(c1ccc2c(=O)n(-c3cccc(F)c3)c(SCc3c(F)cccc3Cl)nc2c1)N1CCCCC1. The lowest BCUT2D eigenvalue weighted by molar-refractivity contribution is 0.0724. The first-order chi connectivity index (χ1) is 17.4. The van der Waals surface area contributed by atoms with Gasteiger partial charge in [-0.2, -0.15) is 0 Å². The quantitative estimate of drug-likeness (QED) is 0.229. The summed E-state index contributed by atoms with van der Waals surface area (Å²) in [5, 5.41) is 0.792. The second kappa shape index (κ2) is 10.4. The first kappa shape index (κ1) is 24.5. The Kier molecular flexibility index (Phi) is 7.07. The van der Waals surface area contributed by atoms with Crippen LogP contribution in [0, 0.1) is 11.6 Å². The molecule has 1 aliphatic rings. The number of thioether (sulfide) groups is 1. The summed E-state index contributed by atoms with van der Waals surface area (Å²) in [4.78, 5) is 33.1. The summed E-state index contributed by atoms with van der Waals surface area (Å²) in [6.45, 7) is 1.41. The molecule has 1 aromatic heterocycles. The van der Waals surface area contributed by atoms with Gasteiger partial charge >= 0.3 is 0 Å². The summed E-state index contributed by atoms with van der Waals surface area (Å²) in [5.74, 6) is -0.967. The molecule has 2 heterocycles. The lowest BCUT2D eigenvalue weighted by atomic mass is 10.1. The molecule has 1 saturated heterocycles. The van der Waals surface area contributed by atoms with E-state index >= 15 is 0 Å². The molecule has 4 aromatic rings. The lowest BCUT2D eigenvalue weighted by Gasteiger charge is -2.26. The van der Waals surface area contributed by atoms with E-state index in [-0.39, 0.29) is 27.4 Å². The molecular formula is C27H22ClF2N3O2S. The average Bonchev–Trinajstić information content (AvgIpc) is 2.88. The van der Waals surface area contributed by atoms with Gasteiger partial charge in [-0.25, -0.2) is 13.8 Å². The zero-order valence-corrected chi connectivity index (χ0v) is 20.8. The Labute approximate surface area is 215 Å². The molecule has 0 radical (unpaired) electrons. The molecule has 1 fully saturated rings. The second-order valence-electron chi connectivity index (χ2n) is 8.59. The van der Waals surface area contributed by atoms with Crippen LogP contribution in [0.3, 0.4) is 0 Å². The van der Waals surface area contributed by atoms with E-state index in [9.17, 15) is 18.4 Å². The van der Waals surface area contributed by atoms with Crippen LogP contribution in [0.15, 0.2) is 70.6 Å². The maximum Gasteiger partial charge on any atom is 0.266 e. The van der Waals surface area contributed by atoms with Gasteiger partial charge in [0.2, 0.25) is 0 Å². The number of carbonyl (C=O) groups excluding carboxylic acids is 1. The molecular weight excluding hydrogens is 504 g/mol. The van der Waals surface area contributed by atoms with Crippen LogP contribution >= 0.6 is 23.4 Å². The fourth-order valence-corrected chi connectivity index (χ4v) is 5.68. The van der Waals surface area contributed by atoms with E-state index in [1.807, 2.05) is 4.90 Å². The fraction of sp³-hybridized carbons (Fsp3) is 0.222. The maximum absolute atomic E-state index is 14.4. The minimum absolute atomic E-state index is 0.0972. The Balaban J connectivity index is 1.61. The van der Waals surface area contributed by atoms with Crippen molar-refractivity contribution < 1.29 is 13.6 Å². The molecule has 5 nitrogen and oxygen atoms in total. The molecule has 5 rings (SSSR count). The highest BCUT2D eigenvalue weighted by Gasteiger charge is 2.21. The number of rotatable bonds is 5. The molecule has 0 aliphatic carbocycles. The minimum Gasteiger partial charge on any atom is -0.339 e. The first-order valence-corrected chi connectivity index (χ1v) is 13.0. The van der Waals surface area contributed by atoms with Crippen molar-refractivity contribution in [1.82, 2.24) is 14.5 Å². The molecule has 1 aliphatic heterocycles. The highest BCUT2D eigenvalue weighted by atomic mass is 35.5. The Hall–Kier alpha value is -3.23. The number of halogens is 3. The van der Waals surface area contributed by atoms with E-state index in [2.05, 4.69) is 4.98 Å². The van der Waals surface area contributed by atoms with Crippen molar-refractivity contribution in [3.63, 3.8) is 0 Å². The normalized spacial score (nSPS) is 13.8. The van der Waals surface area contributed by atoms with Crippen LogP contribution in [0.25, 0.3) is 16.6 Å². The molecule has 0 atom stereocenters. The van der Waals surface area contributed by atoms with Crippen LogP contribution in [0.1, 0.15) is 35.2 Å². The number of benzene rings is 3. The van der Waals surface area contributed by atoms with Crippen molar-refractivity contribution in [2.75, 3.05) is 13.1 Å². The molecule has 0 N–H and O–H groups in total. The number of fused-ring (bicyclic) bond motifs is 1. The summed E-state index contributed by atoms with van der Waals surface area (Å²) >= 11 is 7.31. The number of aromatic nitrogens is 2. The Bertz CT molecular complexity index is 1500. The number of carbonyl (C=O) groups is 1. The Morgan fingerprint density at radius 1 is 1.00 bits per heavy atom. The zero-order valence-electron chi connectivity index (χ0n) is 19.2. The first-order valence-electron chi connectivity index (χ1n) is 11.6. The van der Waals surface area contributed by atoms with Crippen molar-refractivity contribution in [3.8, 4) is 5.69 Å². The van der Waals surface area contributed by atoms with Gasteiger partial charge in [0.25, 0.3) is 11.5 Å². The topological polar surface area (TPSA) is 55.2 Å². The molecule has 0 bridgehead atoms. The predicted molar refractivity (Wildman–Crippen MR) is 138 cm³/mol. The summed E-state index contributed by atoms with van der Waals surface area (Å²) in [6, 6.07) is 14.9. The molecule has 9 heteroatoms. The van der Waals surface area contributed by atoms with Crippen molar-refractivity contribution in [3.05, 3.63) is 98.8 Å². The monoisotopic (exact) mass is 525 g/mol. The molecule has 0 spiro atoms. The lowest BCUT2D eigenvalue weighted by Crippen LogP contribution is -2.35. The van der Waals surface area contributed by atoms with Gasteiger partial charge in [-0.05, 0) is 67.8 Å². The van der Waals surface area contributed by atoms with E-state index in [1.165, 1.54) is 34.9 Å². The van der Waals surface area contributed by atoms with Gasteiger partial charge in [0, 0.05) is 35.0 Å². The third-order valence-corrected chi connectivity index (χ3v) is 7.52. The molecule has 36 heavy (non-hydrogen) atoms. The maximum atomic E-state index is 14.4. The second-order valence-corrected chi connectivity index (χ2v) is 9.94. The predicted octanol–water partition coefficient (Wildman–Crippen LogP) is 6.24. The number of piperidine rings is 1. The average molecular weight is 526 g/mol. The van der Waals surface area contributed by atoms with Crippen LogP contribution in [-0.2, 0) is 5.75 Å². The van der Waals surface area contributed by atoms with Crippen molar-refractivity contribution in [2.45, 2.75) is 30.2 Å². The van der Waals surface area contributed by atoms with Crippen LogP contribution < -0.4 is 5.56 Å². The van der Waals surface area contributed by atoms with Crippen LogP contribution in [0.5, 0.6) is 0 Å². The third kappa shape index (κ3) is 4.88. The largest absolute Gasteiger partial charge is 0.339 e. The standard InChI is InChI=1S/C27H22ClF2N3O2S/c28-22-8-5-9-23(30)21(22)16-36-27-31-24-14-17(25(34)32-12-2-1-3-13-32)10-11-20(24)26(35)33(27)19-7-4-6-18(29)15-19/h4-11,14-15H,1-3,12-13,16H2. The Morgan fingerprint density at radius 3 is 2.53 bits per heavy atom. The van der Waals surface area contributed by atoms with Gasteiger partial charge in [0.05, 0.1) is 16.6 Å². The van der Waals surface area contributed by atoms with E-state index in [1.54, 1.807) is 30.3 Å². The van der Waals surface area contributed by atoms with Gasteiger partial charge < -0.3 is 4.90 Å². The van der Waals surface area contributed by atoms with Gasteiger partial charge in [0.1, 0.15) is 11.6 Å². The molecule has 3 aromatic carbocycles. The molecule has 0 unspecified atom stereocenters. The van der Waals surface area contributed by atoms with Gasteiger partial charge in [0.15, 0.2) is 5.16 Å². The highest BCUT2D eigenvalue weighted by Crippen LogP contribution is 2.29. The number of amides is 1.